The van der Waals surface area contributed by atoms with Gasteiger partial charge >= 0.3 is 5.97 Å². The van der Waals surface area contributed by atoms with Crippen molar-refractivity contribution in [3.05, 3.63) is 47.0 Å². The molecule has 14 heavy (non-hydrogen) atoms. The monoisotopic (exact) mass is 188 g/mol. The van der Waals surface area contributed by atoms with Crippen LogP contribution in [0.25, 0.3) is 0 Å². The molecule has 1 aliphatic heterocycles. The quantitative estimate of drug-likeness (QED) is 0.633. The lowest BCUT2D eigenvalue weighted by atomic mass is 10.0. The van der Waals surface area contributed by atoms with E-state index in [1.54, 1.807) is 6.92 Å². The zero-order valence-electron chi connectivity index (χ0n) is 8.28. The smallest absolute Gasteiger partial charge is 0.334 e. The molecule has 72 valence electrons. The van der Waals surface area contributed by atoms with Gasteiger partial charge in [0.05, 0.1) is 0 Å². The van der Waals surface area contributed by atoms with Crippen LogP contribution in [0.2, 0.25) is 0 Å². The fraction of sp³-hybridized carbons (Fsp3) is 0.250. The third-order valence-electron chi connectivity index (χ3n) is 2.62. The molecule has 2 heteroatoms. The number of ether oxygens (including phenoxy) is 1. The van der Waals surface area contributed by atoms with Crippen molar-refractivity contribution in [2.24, 2.45) is 0 Å². The second-order valence-electron chi connectivity index (χ2n) is 3.50. The number of rotatable bonds is 1. The molecule has 1 aromatic carbocycles. The van der Waals surface area contributed by atoms with Gasteiger partial charge in [-0.1, -0.05) is 30.3 Å². The summed E-state index contributed by atoms with van der Waals surface area (Å²) in [5.74, 6) is -0.198. The van der Waals surface area contributed by atoms with Crippen molar-refractivity contribution in [3.8, 4) is 0 Å². The third kappa shape index (κ3) is 1.33. The maximum Gasteiger partial charge on any atom is 0.334 e. The van der Waals surface area contributed by atoms with Crippen LogP contribution in [0.1, 0.15) is 25.5 Å². The topological polar surface area (TPSA) is 26.3 Å². The molecule has 1 unspecified atom stereocenters. The number of carbonyl (C=O) groups is 1. The Morgan fingerprint density at radius 3 is 2.29 bits per heavy atom. The van der Waals surface area contributed by atoms with Crippen LogP contribution < -0.4 is 0 Å². The Kier molecular flexibility index (Phi) is 2.12. The summed E-state index contributed by atoms with van der Waals surface area (Å²) in [5.41, 5.74) is 2.79. The molecule has 0 bridgehead atoms. The molecule has 2 nitrogen and oxygen atoms in total. The first-order valence-electron chi connectivity index (χ1n) is 4.63. The highest BCUT2D eigenvalue weighted by atomic mass is 16.5. The number of esters is 1. The predicted octanol–water partition coefficient (Wildman–Crippen LogP) is 2.62. The molecule has 0 aliphatic carbocycles. The molecule has 0 fully saturated rings. The van der Waals surface area contributed by atoms with Gasteiger partial charge in [-0.2, -0.15) is 0 Å². The average Bonchev–Trinajstić information content (AvgIpc) is 2.47. The summed E-state index contributed by atoms with van der Waals surface area (Å²) in [6.07, 6.45) is -0.177. The van der Waals surface area contributed by atoms with Crippen molar-refractivity contribution in [3.63, 3.8) is 0 Å². The Labute approximate surface area is 83.2 Å². The Morgan fingerprint density at radius 2 is 1.79 bits per heavy atom. The molecule has 0 saturated heterocycles. The summed E-state index contributed by atoms with van der Waals surface area (Å²) in [6, 6.07) is 9.79. The van der Waals surface area contributed by atoms with Gasteiger partial charge in [0.2, 0.25) is 0 Å². The van der Waals surface area contributed by atoms with Gasteiger partial charge in [-0.15, -0.1) is 0 Å². The van der Waals surface area contributed by atoms with Crippen molar-refractivity contribution in [2.75, 3.05) is 0 Å². The summed E-state index contributed by atoms with van der Waals surface area (Å²) in [7, 11) is 0. The lowest BCUT2D eigenvalue weighted by Gasteiger charge is -2.11. The Morgan fingerprint density at radius 1 is 1.14 bits per heavy atom. The molecule has 1 aliphatic rings. The first-order valence-corrected chi connectivity index (χ1v) is 4.63. The summed E-state index contributed by atoms with van der Waals surface area (Å²) in [4.78, 5) is 11.3. The molecular weight excluding hydrogens is 176 g/mol. The van der Waals surface area contributed by atoms with Crippen LogP contribution in [0.4, 0.5) is 0 Å². The van der Waals surface area contributed by atoms with Gasteiger partial charge in [-0.3, -0.25) is 0 Å². The van der Waals surface area contributed by atoms with E-state index in [1.807, 2.05) is 37.3 Å². The highest BCUT2D eigenvalue weighted by Crippen LogP contribution is 2.34. The standard InChI is InChI=1S/C12H12O2/c1-8-9(2)12(13)14-11(8)10-6-4-3-5-7-10/h3-7,11H,1-2H3. The van der Waals surface area contributed by atoms with Gasteiger partial charge in [-0.25, -0.2) is 4.79 Å². The van der Waals surface area contributed by atoms with E-state index in [1.165, 1.54) is 0 Å². The molecule has 1 atom stereocenters. The number of hydrogen-bond donors (Lipinski definition) is 0. The van der Waals surface area contributed by atoms with Gasteiger partial charge in [0.1, 0.15) is 6.10 Å². The van der Waals surface area contributed by atoms with Crippen molar-refractivity contribution >= 4 is 5.97 Å². The molecule has 1 heterocycles. The molecule has 0 aromatic heterocycles. The minimum absolute atomic E-state index is 0.177. The molecule has 0 N–H and O–H groups in total. The molecule has 0 radical (unpaired) electrons. The summed E-state index contributed by atoms with van der Waals surface area (Å²) >= 11 is 0. The van der Waals surface area contributed by atoms with E-state index in [-0.39, 0.29) is 12.1 Å². The lowest BCUT2D eigenvalue weighted by Crippen LogP contribution is -2.02. The molecule has 1 aromatic rings. The van der Waals surface area contributed by atoms with Crippen LogP contribution in [-0.2, 0) is 9.53 Å². The normalized spacial score (nSPS) is 21.3. The summed E-state index contributed by atoms with van der Waals surface area (Å²) < 4.78 is 5.26. The second-order valence-corrected chi connectivity index (χ2v) is 3.50. The molecule has 2 rings (SSSR count). The maximum absolute atomic E-state index is 11.3. The minimum Gasteiger partial charge on any atom is -0.450 e. The van der Waals surface area contributed by atoms with Gasteiger partial charge in [0, 0.05) is 5.57 Å². The number of cyclic esters (lactones) is 1. The average molecular weight is 188 g/mol. The van der Waals surface area contributed by atoms with Gasteiger partial charge in [0.15, 0.2) is 0 Å². The Balaban J connectivity index is 2.36. The van der Waals surface area contributed by atoms with Crippen LogP contribution in [0.15, 0.2) is 41.5 Å². The van der Waals surface area contributed by atoms with Crippen LogP contribution >= 0.6 is 0 Å². The van der Waals surface area contributed by atoms with Gasteiger partial charge in [-0.05, 0) is 25.0 Å². The highest BCUT2D eigenvalue weighted by Gasteiger charge is 2.29. The van der Waals surface area contributed by atoms with Crippen molar-refractivity contribution in [1.29, 1.82) is 0 Å². The Bertz CT molecular complexity index is 390. The third-order valence-corrected chi connectivity index (χ3v) is 2.62. The van der Waals surface area contributed by atoms with E-state index in [0.29, 0.717) is 0 Å². The van der Waals surface area contributed by atoms with Gasteiger partial charge in [0.25, 0.3) is 0 Å². The Hall–Kier alpha value is -1.57. The first-order chi connectivity index (χ1) is 6.70. The zero-order valence-corrected chi connectivity index (χ0v) is 8.28. The van der Waals surface area contributed by atoms with Crippen molar-refractivity contribution in [2.45, 2.75) is 20.0 Å². The van der Waals surface area contributed by atoms with E-state index >= 15 is 0 Å². The van der Waals surface area contributed by atoms with Crippen LogP contribution in [-0.4, -0.2) is 5.97 Å². The SMILES string of the molecule is CC1=C(C)C(c2ccccc2)OC1=O. The van der Waals surface area contributed by atoms with Gasteiger partial charge < -0.3 is 4.74 Å². The van der Waals surface area contributed by atoms with Crippen LogP contribution in [0.5, 0.6) is 0 Å². The molecular formula is C12H12O2. The number of benzene rings is 1. The maximum atomic E-state index is 11.3. The molecule has 0 saturated carbocycles. The van der Waals surface area contributed by atoms with E-state index < -0.39 is 0 Å². The second kappa shape index (κ2) is 3.29. The van der Waals surface area contributed by atoms with E-state index in [9.17, 15) is 4.79 Å². The minimum atomic E-state index is -0.198. The number of carbonyl (C=O) groups excluding carboxylic acids is 1. The summed E-state index contributed by atoms with van der Waals surface area (Å²) in [6.45, 7) is 3.75. The van der Waals surface area contributed by atoms with Crippen LogP contribution in [0, 0.1) is 0 Å². The van der Waals surface area contributed by atoms with E-state index in [2.05, 4.69) is 0 Å². The van der Waals surface area contributed by atoms with E-state index in [0.717, 1.165) is 16.7 Å². The van der Waals surface area contributed by atoms with Crippen LogP contribution in [0.3, 0.4) is 0 Å². The number of hydrogen-bond acceptors (Lipinski definition) is 2. The van der Waals surface area contributed by atoms with Crippen molar-refractivity contribution < 1.29 is 9.53 Å². The highest BCUT2D eigenvalue weighted by molar-refractivity contribution is 5.91. The summed E-state index contributed by atoms with van der Waals surface area (Å²) in [5, 5.41) is 0. The molecule has 0 spiro atoms. The lowest BCUT2D eigenvalue weighted by molar-refractivity contribution is -0.140. The largest absolute Gasteiger partial charge is 0.450 e. The van der Waals surface area contributed by atoms with Crippen molar-refractivity contribution in [1.82, 2.24) is 0 Å². The first kappa shape index (κ1) is 9.00. The molecule has 0 amide bonds. The zero-order chi connectivity index (χ0) is 10.1. The fourth-order valence-electron chi connectivity index (χ4n) is 1.59. The fourth-order valence-corrected chi connectivity index (χ4v) is 1.59. The predicted molar refractivity (Wildman–Crippen MR) is 53.6 cm³/mol. The van der Waals surface area contributed by atoms with E-state index in [4.69, 9.17) is 4.74 Å².